The zero-order chi connectivity index (χ0) is 14.7. The number of aromatic nitrogens is 2. The Labute approximate surface area is 125 Å². The zero-order valence-electron chi connectivity index (χ0n) is 12.4. The summed E-state index contributed by atoms with van der Waals surface area (Å²) in [6.07, 6.45) is 6.77. The second-order valence-electron chi connectivity index (χ2n) is 5.81. The van der Waals surface area contributed by atoms with Gasteiger partial charge in [0.1, 0.15) is 5.69 Å². The summed E-state index contributed by atoms with van der Waals surface area (Å²) < 4.78 is 1.87. The van der Waals surface area contributed by atoms with E-state index in [2.05, 4.69) is 11.9 Å². The van der Waals surface area contributed by atoms with Crippen LogP contribution in [-0.2, 0) is 0 Å². The van der Waals surface area contributed by atoms with Gasteiger partial charge in [0.25, 0.3) is 5.91 Å². The number of hydrogen-bond donors (Lipinski definition) is 0. The fourth-order valence-electron chi connectivity index (χ4n) is 2.88. The Kier molecular flexibility index (Phi) is 4.04. The lowest BCUT2D eigenvalue weighted by atomic mass is 10.0. The molecule has 3 rings (SSSR count). The molecule has 1 aliphatic heterocycles. The zero-order valence-corrected chi connectivity index (χ0v) is 12.4. The number of rotatable bonds is 2. The van der Waals surface area contributed by atoms with Crippen LogP contribution < -0.4 is 0 Å². The van der Waals surface area contributed by atoms with E-state index in [4.69, 9.17) is 0 Å². The van der Waals surface area contributed by atoms with Crippen molar-refractivity contribution in [2.24, 2.45) is 5.92 Å². The monoisotopic (exact) mass is 283 g/mol. The molecule has 2 aromatic rings. The number of benzene rings is 1. The number of nitrogens with zero attached hydrogens (tertiary/aromatic N) is 3. The maximum Gasteiger partial charge on any atom is 0.272 e. The summed E-state index contributed by atoms with van der Waals surface area (Å²) in [7, 11) is 0. The predicted molar refractivity (Wildman–Crippen MR) is 82.5 cm³/mol. The molecule has 0 radical (unpaired) electrons. The second-order valence-corrected chi connectivity index (χ2v) is 5.81. The molecule has 0 bridgehead atoms. The first-order valence-electron chi connectivity index (χ1n) is 7.63. The van der Waals surface area contributed by atoms with Gasteiger partial charge in [-0.1, -0.05) is 25.1 Å². The van der Waals surface area contributed by atoms with Gasteiger partial charge >= 0.3 is 0 Å². The van der Waals surface area contributed by atoms with E-state index in [0.29, 0.717) is 11.6 Å². The van der Waals surface area contributed by atoms with Crippen LogP contribution in [0.15, 0.2) is 42.9 Å². The van der Waals surface area contributed by atoms with Crippen molar-refractivity contribution in [3.05, 3.63) is 48.5 Å². The first-order valence-corrected chi connectivity index (χ1v) is 7.63. The van der Waals surface area contributed by atoms with Gasteiger partial charge in [0.2, 0.25) is 0 Å². The third kappa shape index (κ3) is 2.99. The van der Waals surface area contributed by atoms with E-state index < -0.39 is 0 Å². The largest absolute Gasteiger partial charge is 0.337 e. The van der Waals surface area contributed by atoms with Crippen molar-refractivity contribution < 1.29 is 4.79 Å². The van der Waals surface area contributed by atoms with Crippen LogP contribution >= 0.6 is 0 Å². The van der Waals surface area contributed by atoms with Crippen LogP contribution in [0.3, 0.4) is 0 Å². The molecule has 0 N–H and O–H groups in total. The minimum absolute atomic E-state index is 0.0884. The lowest BCUT2D eigenvalue weighted by Crippen LogP contribution is -2.33. The Hall–Kier alpha value is -2.10. The van der Waals surface area contributed by atoms with Crippen LogP contribution in [0.2, 0.25) is 0 Å². The molecule has 0 spiro atoms. The van der Waals surface area contributed by atoms with Crippen LogP contribution in [0.1, 0.15) is 36.7 Å². The van der Waals surface area contributed by atoms with E-state index in [9.17, 15) is 4.79 Å². The molecule has 21 heavy (non-hydrogen) atoms. The van der Waals surface area contributed by atoms with E-state index in [0.717, 1.165) is 31.6 Å². The summed E-state index contributed by atoms with van der Waals surface area (Å²) in [6, 6.07) is 9.89. The van der Waals surface area contributed by atoms with E-state index in [1.54, 1.807) is 12.5 Å². The van der Waals surface area contributed by atoms with Crippen LogP contribution in [0.4, 0.5) is 0 Å². The minimum Gasteiger partial charge on any atom is -0.337 e. The number of hydrogen-bond acceptors (Lipinski definition) is 2. The van der Waals surface area contributed by atoms with Crippen molar-refractivity contribution in [2.45, 2.75) is 26.2 Å². The molecule has 1 aliphatic rings. The van der Waals surface area contributed by atoms with Gasteiger partial charge < -0.3 is 4.90 Å². The molecule has 2 heterocycles. The quantitative estimate of drug-likeness (QED) is 0.849. The van der Waals surface area contributed by atoms with Crippen LogP contribution in [-0.4, -0.2) is 33.4 Å². The summed E-state index contributed by atoms with van der Waals surface area (Å²) in [5.41, 5.74) is 1.62. The van der Waals surface area contributed by atoms with Gasteiger partial charge in [-0.15, -0.1) is 0 Å². The molecule has 110 valence electrons. The standard InChI is InChI=1S/C17H21N3O/c1-14-6-5-10-19(11-9-14)17(21)16-12-18-13-20(16)15-7-3-2-4-8-15/h2-4,7-8,12-14H,5-6,9-11H2,1H3/t14-/m0/s1. The molecule has 1 atom stereocenters. The Morgan fingerprint density at radius 3 is 2.81 bits per heavy atom. The molecular formula is C17H21N3O. The molecular weight excluding hydrogens is 262 g/mol. The molecule has 4 nitrogen and oxygen atoms in total. The number of carbonyl (C=O) groups is 1. The fraction of sp³-hybridized carbons (Fsp3) is 0.412. The third-order valence-corrected chi connectivity index (χ3v) is 4.20. The highest BCUT2D eigenvalue weighted by Crippen LogP contribution is 2.19. The third-order valence-electron chi connectivity index (χ3n) is 4.20. The topological polar surface area (TPSA) is 38.1 Å². The van der Waals surface area contributed by atoms with Gasteiger partial charge in [-0.3, -0.25) is 9.36 Å². The van der Waals surface area contributed by atoms with Gasteiger partial charge in [-0.25, -0.2) is 4.98 Å². The summed E-state index contributed by atoms with van der Waals surface area (Å²) in [4.78, 5) is 18.9. The van der Waals surface area contributed by atoms with Crippen molar-refractivity contribution in [1.29, 1.82) is 0 Å². The average Bonchev–Trinajstić information content (AvgIpc) is 2.90. The normalized spacial score (nSPS) is 19.3. The van der Waals surface area contributed by atoms with Gasteiger partial charge in [-0.2, -0.15) is 0 Å². The van der Waals surface area contributed by atoms with Crippen LogP contribution in [0.5, 0.6) is 0 Å². The van der Waals surface area contributed by atoms with Gasteiger partial charge in [0, 0.05) is 18.8 Å². The highest BCUT2D eigenvalue weighted by atomic mass is 16.2. The molecule has 0 saturated carbocycles. The Bertz CT molecular complexity index is 606. The van der Waals surface area contributed by atoms with E-state index in [1.165, 1.54) is 6.42 Å². The van der Waals surface area contributed by atoms with Crippen LogP contribution in [0.25, 0.3) is 5.69 Å². The number of carbonyl (C=O) groups excluding carboxylic acids is 1. The summed E-state index contributed by atoms with van der Waals surface area (Å²) >= 11 is 0. The Morgan fingerprint density at radius 2 is 2.00 bits per heavy atom. The first-order chi connectivity index (χ1) is 10.3. The maximum absolute atomic E-state index is 12.8. The smallest absolute Gasteiger partial charge is 0.272 e. The van der Waals surface area contributed by atoms with E-state index in [1.807, 2.05) is 39.8 Å². The van der Waals surface area contributed by atoms with Crippen molar-refractivity contribution in [3.63, 3.8) is 0 Å². The molecule has 0 aliphatic carbocycles. The van der Waals surface area contributed by atoms with Gasteiger partial charge in [0.05, 0.1) is 12.5 Å². The minimum atomic E-state index is 0.0884. The lowest BCUT2D eigenvalue weighted by molar-refractivity contribution is 0.0752. The highest BCUT2D eigenvalue weighted by molar-refractivity contribution is 5.93. The number of para-hydroxylation sites is 1. The molecule has 1 fully saturated rings. The number of likely N-dealkylation sites (tertiary alicyclic amines) is 1. The predicted octanol–water partition coefficient (Wildman–Crippen LogP) is 3.13. The van der Waals surface area contributed by atoms with E-state index in [-0.39, 0.29) is 5.91 Å². The average molecular weight is 283 g/mol. The van der Waals surface area contributed by atoms with Gasteiger partial charge in [-0.05, 0) is 37.3 Å². The lowest BCUT2D eigenvalue weighted by Gasteiger charge is -2.21. The summed E-state index contributed by atoms with van der Waals surface area (Å²) in [6.45, 7) is 3.96. The van der Waals surface area contributed by atoms with Crippen molar-refractivity contribution >= 4 is 5.91 Å². The second kappa shape index (κ2) is 6.12. The first kappa shape index (κ1) is 13.9. The summed E-state index contributed by atoms with van der Waals surface area (Å²) in [5.74, 6) is 0.798. The van der Waals surface area contributed by atoms with Crippen LogP contribution in [0, 0.1) is 5.92 Å². The maximum atomic E-state index is 12.8. The van der Waals surface area contributed by atoms with E-state index >= 15 is 0 Å². The number of amides is 1. The Morgan fingerprint density at radius 1 is 1.19 bits per heavy atom. The number of imidazole rings is 1. The molecule has 0 unspecified atom stereocenters. The van der Waals surface area contributed by atoms with Crippen molar-refractivity contribution in [2.75, 3.05) is 13.1 Å². The molecule has 4 heteroatoms. The highest BCUT2D eigenvalue weighted by Gasteiger charge is 2.22. The summed E-state index contributed by atoms with van der Waals surface area (Å²) in [5, 5.41) is 0. The van der Waals surface area contributed by atoms with Crippen molar-refractivity contribution in [1.82, 2.24) is 14.5 Å². The molecule has 1 aromatic heterocycles. The molecule has 1 aromatic carbocycles. The Balaban J connectivity index is 1.84. The van der Waals surface area contributed by atoms with Gasteiger partial charge in [0.15, 0.2) is 0 Å². The fourth-order valence-corrected chi connectivity index (χ4v) is 2.88. The SMILES string of the molecule is C[C@H]1CCCN(C(=O)c2cncn2-c2ccccc2)CC1. The molecule has 1 amide bonds. The van der Waals surface area contributed by atoms with Crippen molar-refractivity contribution in [3.8, 4) is 5.69 Å². The molecule has 1 saturated heterocycles.